The number of ether oxygens (including phenoxy) is 1. The summed E-state index contributed by atoms with van der Waals surface area (Å²) in [7, 11) is 0. The number of aryl methyl sites for hydroxylation is 1. The summed E-state index contributed by atoms with van der Waals surface area (Å²) in [6, 6.07) is 3.96. The van der Waals surface area contributed by atoms with Crippen LogP contribution in [0.3, 0.4) is 0 Å². The second-order valence-electron chi connectivity index (χ2n) is 5.26. The minimum atomic E-state index is -0.311. The Balaban J connectivity index is 2.19. The molecule has 0 aliphatic carbocycles. The van der Waals surface area contributed by atoms with Gasteiger partial charge in [-0.05, 0) is 38.8 Å². The van der Waals surface area contributed by atoms with E-state index in [0.29, 0.717) is 17.8 Å². The average Bonchev–Trinajstić information content (AvgIpc) is 2.99. The Labute approximate surface area is 124 Å². The van der Waals surface area contributed by atoms with Crippen molar-refractivity contribution >= 4 is 22.7 Å². The predicted octanol–water partition coefficient (Wildman–Crippen LogP) is 2.72. The molecule has 0 aromatic carbocycles. The van der Waals surface area contributed by atoms with Crippen molar-refractivity contribution in [1.29, 1.82) is 0 Å². The third-order valence-corrected chi connectivity index (χ3v) is 3.76. The molecular weight excluding hydrogens is 266 g/mol. The van der Waals surface area contributed by atoms with Gasteiger partial charge in [0, 0.05) is 30.4 Å². The predicted molar refractivity (Wildman–Crippen MR) is 81.7 cm³/mol. The van der Waals surface area contributed by atoms with E-state index >= 15 is 0 Å². The Morgan fingerprint density at radius 2 is 2.10 bits per heavy atom. The maximum Gasteiger partial charge on any atom is 0.341 e. The Bertz CT molecular complexity index is 679. The van der Waals surface area contributed by atoms with Crippen molar-refractivity contribution in [2.75, 3.05) is 24.6 Å². The Morgan fingerprint density at radius 3 is 2.81 bits per heavy atom. The summed E-state index contributed by atoms with van der Waals surface area (Å²) < 4.78 is 5.17. The van der Waals surface area contributed by atoms with Gasteiger partial charge in [-0.1, -0.05) is 0 Å². The fraction of sp³-hybridized carbons (Fsp3) is 0.438. The van der Waals surface area contributed by atoms with Crippen molar-refractivity contribution in [2.45, 2.75) is 26.7 Å². The first kappa shape index (κ1) is 13.8. The van der Waals surface area contributed by atoms with Gasteiger partial charge in [0.1, 0.15) is 5.56 Å². The van der Waals surface area contributed by atoms with Gasteiger partial charge in [-0.2, -0.15) is 0 Å². The van der Waals surface area contributed by atoms with Crippen LogP contribution in [0.4, 0.5) is 5.69 Å². The number of esters is 1. The molecule has 1 aliphatic heterocycles. The van der Waals surface area contributed by atoms with Crippen LogP contribution in [0, 0.1) is 6.92 Å². The van der Waals surface area contributed by atoms with E-state index in [1.807, 2.05) is 26.0 Å². The number of hydrogen-bond acceptors (Lipinski definition) is 5. The molecule has 0 unspecified atom stereocenters. The third kappa shape index (κ3) is 2.55. The fourth-order valence-electron chi connectivity index (χ4n) is 2.80. The van der Waals surface area contributed by atoms with Gasteiger partial charge < -0.3 is 9.64 Å². The molecule has 2 aromatic heterocycles. The molecule has 0 atom stereocenters. The maximum atomic E-state index is 12.2. The van der Waals surface area contributed by atoms with E-state index < -0.39 is 0 Å². The van der Waals surface area contributed by atoms with E-state index in [2.05, 4.69) is 14.9 Å². The van der Waals surface area contributed by atoms with Crippen LogP contribution in [-0.2, 0) is 4.74 Å². The van der Waals surface area contributed by atoms with E-state index in [9.17, 15) is 4.79 Å². The molecule has 5 heteroatoms. The van der Waals surface area contributed by atoms with E-state index in [0.717, 1.165) is 42.7 Å². The normalized spacial score (nSPS) is 14.7. The fourth-order valence-corrected chi connectivity index (χ4v) is 2.80. The summed E-state index contributed by atoms with van der Waals surface area (Å²) in [6.07, 6.45) is 3.89. The quantitative estimate of drug-likeness (QED) is 0.812. The van der Waals surface area contributed by atoms with Crippen LogP contribution >= 0.6 is 0 Å². The molecular formula is C16H19N3O2. The SMILES string of the molecule is CCOC(=O)c1cnc2nc(C)ccc2c1N1CCCC1. The molecule has 110 valence electrons. The van der Waals surface area contributed by atoms with Gasteiger partial charge in [-0.25, -0.2) is 14.8 Å². The van der Waals surface area contributed by atoms with Crippen LogP contribution in [-0.4, -0.2) is 35.6 Å². The van der Waals surface area contributed by atoms with Crippen LogP contribution in [0.1, 0.15) is 35.8 Å². The topological polar surface area (TPSA) is 55.3 Å². The van der Waals surface area contributed by atoms with Crippen molar-refractivity contribution in [2.24, 2.45) is 0 Å². The van der Waals surface area contributed by atoms with Crippen molar-refractivity contribution in [3.05, 3.63) is 29.6 Å². The molecule has 3 rings (SSSR count). The number of anilines is 1. The second-order valence-corrected chi connectivity index (χ2v) is 5.26. The van der Waals surface area contributed by atoms with Gasteiger partial charge in [-0.15, -0.1) is 0 Å². The summed E-state index contributed by atoms with van der Waals surface area (Å²) >= 11 is 0. The standard InChI is InChI=1S/C16H19N3O2/c1-3-21-16(20)13-10-17-15-12(7-6-11(2)18-15)14(13)19-8-4-5-9-19/h6-7,10H,3-5,8-9H2,1-2H3. The number of carbonyl (C=O) groups is 1. The van der Waals surface area contributed by atoms with E-state index in [1.54, 1.807) is 6.20 Å². The summed E-state index contributed by atoms with van der Waals surface area (Å²) in [5, 5.41) is 0.924. The molecule has 0 radical (unpaired) electrons. The number of rotatable bonds is 3. The molecule has 1 saturated heterocycles. The highest BCUT2D eigenvalue weighted by Crippen LogP contribution is 2.32. The van der Waals surface area contributed by atoms with Gasteiger partial charge in [0.2, 0.25) is 0 Å². The molecule has 0 amide bonds. The lowest BCUT2D eigenvalue weighted by atomic mass is 10.1. The summed E-state index contributed by atoms with van der Waals surface area (Å²) in [5.41, 5.74) is 3.07. The lowest BCUT2D eigenvalue weighted by Crippen LogP contribution is -2.22. The van der Waals surface area contributed by atoms with Crippen molar-refractivity contribution in [3.8, 4) is 0 Å². The Morgan fingerprint density at radius 1 is 1.33 bits per heavy atom. The molecule has 3 heterocycles. The first-order valence-electron chi connectivity index (χ1n) is 7.39. The maximum absolute atomic E-state index is 12.2. The monoisotopic (exact) mass is 285 g/mol. The molecule has 0 spiro atoms. The van der Waals surface area contributed by atoms with Crippen molar-refractivity contribution in [3.63, 3.8) is 0 Å². The molecule has 5 nitrogen and oxygen atoms in total. The zero-order valence-corrected chi connectivity index (χ0v) is 12.4. The van der Waals surface area contributed by atoms with Gasteiger partial charge in [0.25, 0.3) is 0 Å². The van der Waals surface area contributed by atoms with Crippen LogP contribution in [0.5, 0.6) is 0 Å². The molecule has 1 aliphatic rings. The zero-order valence-electron chi connectivity index (χ0n) is 12.4. The number of fused-ring (bicyclic) bond motifs is 1. The largest absolute Gasteiger partial charge is 0.462 e. The molecule has 2 aromatic rings. The first-order chi connectivity index (χ1) is 10.2. The molecule has 0 saturated carbocycles. The molecule has 0 N–H and O–H groups in total. The highest BCUT2D eigenvalue weighted by atomic mass is 16.5. The third-order valence-electron chi connectivity index (χ3n) is 3.76. The molecule has 21 heavy (non-hydrogen) atoms. The van der Waals surface area contributed by atoms with E-state index in [4.69, 9.17) is 4.74 Å². The Hall–Kier alpha value is -2.17. The minimum Gasteiger partial charge on any atom is -0.462 e. The first-order valence-corrected chi connectivity index (χ1v) is 7.39. The molecule has 1 fully saturated rings. The van der Waals surface area contributed by atoms with Crippen molar-refractivity contribution < 1.29 is 9.53 Å². The number of carbonyl (C=O) groups excluding carboxylic acids is 1. The lowest BCUT2D eigenvalue weighted by Gasteiger charge is -2.22. The van der Waals surface area contributed by atoms with Crippen LogP contribution < -0.4 is 4.90 Å². The number of nitrogens with zero attached hydrogens (tertiary/aromatic N) is 3. The Kier molecular flexibility index (Phi) is 3.73. The van der Waals surface area contributed by atoms with Crippen LogP contribution in [0.25, 0.3) is 11.0 Å². The van der Waals surface area contributed by atoms with Crippen molar-refractivity contribution in [1.82, 2.24) is 9.97 Å². The average molecular weight is 285 g/mol. The zero-order chi connectivity index (χ0) is 14.8. The highest BCUT2D eigenvalue weighted by Gasteiger charge is 2.23. The van der Waals surface area contributed by atoms with Gasteiger partial charge in [0.15, 0.2) is 5.65 Å². The lowest BCUT2D eigenvalue weighted by molar-refractivity contribution is 0.0527. The van der Waals surface area contributed by atoms with Gasteiger partial charge in [-0.3, -0.25) is 0 Å². The minimum absolute atomic E-state index is 0.311. The summed E-state index contributed by atoms with van der Waals surface area (Å²) in [5.74, 6) is -0.311. The van der Waals surface area contributed by atoms with Crippen LogP contribution in [0.15, 0.2) is 18.3 Å². The highest BCUT2D eigenvalue weighted by molar-refractivity contribution is 6.04. The van der Waals surface area contributed by atoms with Gasteiger partial charge >= 0.3 is 5.97 Å². The second kappa shape index (κ2) is 5.68. The number of pyridine rings is 2. The van der Waals surface area contributed by atoms with Gasteiger partial charge in [0.05, 0.1) is 12.3 Å². The van der Waals surface area contributed by atoms with E-state index in [-0.39, 0.29) is 5.97 Å². The number of aromatic nitrogens is 2. The van der Waals surface area contributed by atoms with Crippen LogP contribution in [0.2, 0.25) is 0 Å². The summed E-state index contributed by atoms with van der Waals surface area (Å²) in [4.78, 5) is 23.3. The smallest absolute Gasteiger partial charge is 0.341 e. The number of hydrogen-bond donors (Lipinski definition) is 0. The summed E-state index contributed by atoms with van der Waals surface area (Å²) in [6.45, 7) is 6.03. The van der Waals surface area contributed by atoms with E-state index in [1.165, 1.54) is 0 Å². The molecule has 0 bridgehead atoms.